The van der Waals surface area contributed by atoms with E-state index in [9.17, 15) is 15.0 Å². The molecule has 0 aliphatic heterocycles. The van der Waals surface area contributed by atoms with E-state index in [-0.39, 0.29) is 51.2 Å². The molecule has 0 fully saturated rings. The van der Waals surface area contributed by atoms with E-state index >= 15 is 0 Å². The van der Waals surface area contributed by atoms with E-state index in [0.717, 1.165) is 0 Å². The predicted molar refractivity (Wildman–Crippen MR) is 97.5 cm³/mol. The molecule has 1 aromatic heterocycles. The van der Waals surface area contributed by atoms with Gasteiger partial charge in [0.05, 0.1) is 28.4 Å². The Bertz CT molecular complexity index is 1070. The first-order valence-corrected chi connectivity index (χ1v) is 7.82. The first kappa shape index (κ1) is 18.2. The third kappa shape index (κ3) is 2.84. The maximum atomic E-state index is 12.8. The van der Waals surface area contributed by atoms with Gasteiger partial charge in [-0.05, 0) is 18.2 Å². The number of hydrogen-bond acceptors (Lipinski definition) is 8. The van der Waals surface area contributed by atoms with Crippen molar-refractivity contribution in [3.63, 3.8) is 0 Å². The minimum atomic E-state index is -0.452. The Labute approximate surface area is 154 Å². The molecule has 3 rings (SSSR count). The maximum Gasteiger partial charge on any atom is 0.211 e. The van der Waals surface area contributed by atoms with Crippen LogP contribution in [-0.2, 0) is 0 Å². The van der Waals surface area contributed by atoms with E-state index in [1.165, 1.54) is 46.6 Å². The summed E-state index contributed by atoms with van der Waals surface area (Å²) in [7, 11) is 5.44. The Hall–Kier alpha value is -3.55. The van der Waals surface area contributed by atoms with Crippen molar-refractivity contribution < 1.29 is 33.6 Å². The maximum absolute atomic E-state index is 12.8. The van der Waals surface area contributed by atoms with Gasteiger partial charge in [-0.1, -0.05) is 0 Å². The van der Waals surface area contributed by atoms with E-state index in [1.54, 1.807) is 6.07 Å². The monoisotopic (exact) mass is 374 g/mol. The summed E-state index contributed by atoms with van der Waals surface area (Å²) in [5.41, 5.74) is 0.0987. The second-order valence-electron chi connectivity index (χ2n) is 5.51. The molecule has 2 aromatic carbocycles. The number of methoxy groups -OCH3 is 4. The van der Waals surface area contributed by atoms with Crippen LogP contribution in [0, 0.1) is 0 Å². The molecule has 0 bridgehead atoms. The highest BCUT2D eigenvalue weighted by Gasteiger charge is 2.26. The Balaban J connectivity index is 2.40. The highest BCUT2D eigenvalue weighted by Crippen LogP contribution is 2.49. The van der Waals surface area contributed by atoms with E-state index in [4.69, 9.17) is 23.4 Å². The number of aromatic hydroxyl groups is 2. The van der Waals surface area contributed by atoms with Crippen LogP contribution in [0.3, 0.4) is 0 Å². The minimum Gasteiger partial charge on any atom is -0.504 e. The molecule has 0 aliphatic carbocycles. The molecule has 0 atom stereocenters. The lowest BCUT2D eigenvalue weighted by molar-refractivity contribution is 0.316. The summed E-state index contributed by atoms with van der Waals surface area (Å²) in [5.74, 6) is -0.0277. The molecule has 8 nitrogen and oxygen atoms in total. The van der Waals surface area contributed by atoms with Gasteiger partial charge in [0, 0.05) is 11.6 Å². The molecular formula is C19H18O8. The van der Waals surface area contributed by atoms with Crippen molar-refractivity contribution in [3.05, 3.63) is 34.5 Å². The summed E-state index contributed by atoms with van der Waals surface area (Å²) < 4.78 is 26.7. The predicted octanol–water partition coefficient (Wildman–Crippen LogP) is 2.91. The summed E-state index contributed by atoms with van der Waals surface area (Å²) in [6, 6.07) is 5.78. The summed E-state index contributed by atoms with van der Waals surface area (Å²) in [6.45, 7) is 0. The van der Waals surface area contributed by atoms with Gasteiger partial charge in [-0.3, -0.25) is 4.79 Å². The minimum absolute atomic E-state index is 0.0159. The van der Waals surface area contributed by atoms with Crippen molar-refractivity contribution in [3.8, 4) is 45.8 Å². The molecule has 0 aliphatic rings. The van der Waals surface area contributed by atoms with Crippen molar-refractivity contribution in [1.29, 1.82) is 0 Å². The zero-order valence-electron chi connectivity index (χ0n) is 15.2. The van der Waals surface area contributed by atoms with Crippen LogP contribution in [0.4, 0.5) is 0 Å². The number of fused-ring (bicyclic) bond motifs is 1. The smallest absolute Gasteiger partial charge is 0.211 e. The molecule has 0 spiro atoms. The normalized spacial score (nSPS) is 10.7. The van der Waals surface area contributed by atoms with Crippen LogP contribution in [0.5, 0.6) is 34.5 Å². The van der Waals surface area contributed by atoms with Crippen LogP contribution < -0.4 is 24.4 Å². The molecule has 0 unspecified atom stereocenters. The molecule has 142 valence electrons. The van der Waals surface area contributed by atoms with Gasteiger partial charge in [0.2, 0.25) is 17.2 Å². The number of benzene rings is 2. The molecule has 1 heterocycles. The summed E-state index contributed by atoms with van der Waals surface area (Å²) in [6.07, 6.45) is 0. The van der Waals surface area contributed by atoms with Crippen LogP contribution >= 0.6 is 0 Å². The van der Waals surface area contributed by atoms with Crippen LogP contribution in [0.25, 0.3) is 22.3 Å². The van der Waals surface area contributed by atoms with Crippen molar-refractivity contribution in [2.24, 2.45) is 0 Å². The average molecular weight is 374 g/mol. The molecule has 2 N–H and O–H groups in total. The Morgan fingerprint density at radius 2 is 1.52 bits per heavy atom. The molecule has 0 radical (unpaired) electrons. The zero-order chi connectivity index (χ0) is 19.7. The second kappa shape index (κ2) is 6.99. The second-order valence-corrected chi connectivity index (χ2v) is 5.51. The SMILES string of the molecule is COc1cc(-c2cc(=O)c3c(OC)c(O)c(OC)c(OC)c3o2)ccc1O. The Morgan fingerprint density at radius 1 is 0.852 bits per heavy atom. The number of rotatable bonds is 5. The number of ether oxygens (including phenoxy) is 4. The fourth-order valence-electron chi connectivity index (χ4n) is 2.85. The topological polar surface area (TPSA) is 108 Å². The van der Waals surface area contributed by atoms with E-state index < -0.39 is 5.43 Å². The van der Waals surface area contributed by atoms with Gasteiger partial charge in [-0.25, -0.2) is 0 Å². The third-order valence-electron chi connectivity index (χ3n) is 4.09. The summed E-state index contributed by atoms with van der Waals surface area (Å²) in [5, 5.41) is 20.1. The fourth-order valence-corrected chi connectivity index (χ4v) is 2.85. The zero-order valence-corrected chi connectivity index (χ0v) is 15.2. The number of phenolic OH excluding ortho intramolecular Hbond substituents is 2. The van der Waals surface area contributed by atoms with Crippen molar-refractivity contribution in [1.82, 2.24) is 0 Å². The van der Waals surface area contributed by atoms with Gasteiger partial charge in [0.25, 0.3) is 0 Å². The van der Waals surface area contributed by atoms with Gasteiger partial charge in [-0.15, -0.1) is 0 Å². The van der Waals surface area contributed by atoms with Crippen LogP contribution in [0.15, 0.2) is 33.5 Å². The first-order valence-electron chi connectivity index (χ1n) is 7.82. The van der Waals surface area contributed by atoms with Crippen molar-refractivity contribution in [2.45, 2.75) is 0 Å². The van der Waals surface area contributed by atoms with Gasteiger partial charge < -0.3 is 33.6 Å². The van der Waals surface area contributed by atoms with Crippen LogP contribution in [0.1, 0.15) is 0 Å². The van der Waals surface area contributed by atoms with Crippen molar-refractivity contribution >= 4 is 11.0 Å². The van der Waals surface area contributed by atoms with E-state index in [0.29, 0.717) is 5.56 Å². The third-order valence-corrected chi connectivity index (χ3v) is 4.09. The highest BCUT2D eigenvalue weighted by atomic mass is 16.5. The van der Waals surface area contributed by atoms with Gasteiger partial charge in [-0.2, -0.15) is 0 Å². The lowest BCUT2D eigenvalue weighted by Gasteiger charge is -2.15. The average Bonchev–Trinajstić information content (AvgIpc) is 2.67. The van der Waals surface area contributed by atoms with Gasteiger partial charge >= 0.3 is 0 Å². The standard InChI is InChI=1S/C19H18O8/c1-23-13-7-9(5-6-10(13)20)12-8-11(21)14-16(24-2)15(22)18(25-3)19(26-4)17(14)27-12/h5-8,20,22H,1-4H3. The van der Waals surface area contributed by atoms with Gasteiger partial charge in [0.1, 0.15) is 11.1 Å². The van der Waals surface area contributed by atoms with Crippen LogP contribution in [-0.4, -0.2) is 38.7 Å². The quantitative estimate of drug-likeness (QED) is 0.702. The molecule has 3 aromatic rings. The largest absolute Gasteiger partial charge is 0.504 e. The van der Waals surface area contributed by atoms with Crippen LogP contribution in [0.2, 0.25) is 0 Å². The van der Waals surface area contributed by atoms with E-state index in [2.05, 4.69) is 0 Å². The highest BCUT2D eigenvalue weighted by molar-refractivity contribution is 5.95. The summed E-state index contributed by atoms with van der Waals surface area (Å²) in [4.78, 5) is 12.8. The Kier molecular flexibility index (Phi) is 4.72. The lowest BCUT2D eigenvalue weighted by atomic mass is 10.1. The number of phenols is 2. The number of hydrogen-bond donors (Lipinski definition) is 2. The lowest BCUT2D eigenvalue weighted by Crippen LogP contribution is -2.05. The molecular weight excluding hydrogens is 356 g/mol. The van der Waals surface area contributed by atoms with Gasteiger partial charge in [0.15, 0.2) is 28.3 Å². The van der Waals surface area contributed by atoms with E-state index in [1.807, 2.05) is 0 Å². The molecule has 27 heavy (non-hydrogen) atoms. The molecule has 0 amide bonds. The first-order chi connectivity index (χ1) is 13.0. The molecule has 0 saturated heterocycles. The molecule has 8 heteroatoms. The fraction of sp³-hybridized carbons (Fsp3) is 0.211. The molecule has 0 saturated carbocycles. The van der Waals surface area contributed by atoms with Crippen molar-refractivity contribution in [2.75, 3.05) is 28.4 Å². The summed E-state index contributed by atoms with van der Waals surface area (Å²) >= 11 is 0. The Morgan fingerprint density at radius 3 is 2.11 bits per heavy atom.